The van der Waals surface area contributed by atoms with E-state index in [9.17, 15) is 0 Å². The topological polar surface area (TPSA) is 45.4 Å². The van der Waals surface area contributed by atoms with Crippen LogP contribution in [0.1, 0.15) is 24.3 Å². The summed E-state index contributed by atoms with van der Waals surface area (Å²) in [5.41, 5.74) is 0.995. The largest absolute Gasteiger partial charge is 0.444 e. The number of hydrogen-bond donors (Lipinski definition) is 0. The summed E-state index contributed by atoms with van der Waals surface area (Å²) in [4.78, 5) is 13.7. The molecule has 1 aliphatic heterocycles. The second-order valence-corrected chi connectivity index (χ2v) is 6.21. The Labute approximate surface area is 123 Å². The Morgan fingerprint density at radius 2 is 2.25 bits per heavy atom. The molecule has 3 heterocycles. The zero-order chi connectivity index (χ0) is 14.1. The maximum atomic E-state index is 5.67. The van der Waals surface area contributed by atoms with Gasteiger partial charge in [0.05, 0.1) is 12.2 Å². The van der Waals surface area contributed by atoms with Crippen molar-refractivity contribution in [2.45, 2.75) is 33.4 Å². The van der Waals surface area contributed by atoms with Crippen LogP contribution in [-0.4, -0.2) is 40.5 Å². The molecule has 0 radical (unpaired) electrons. The second kappa shape index (κ2) is 5.54. The maximum absolute atomic E-state index is 5.67. The molecular weight excluding hydrogens is 272 g/mol. The van der Waals surface area contributed by atoms with Crippen LogP contribution < -0.4 is 4.90 Å². The molecule has 2 aromatic rings. The molecule has 3 rings (SSSR count). The molecular formula is C14H20N4OS. The first-order chi connectivity index (χ1) is 9.63. The monoisotopic (exact) mass is 292 g/mol. The number of anilines is 1. The van der Waals surface area contributed by atoms with Gasteiger partial charge in [-0.25, -0.2) is 9.97 Å². The van der Waals surface area contributed by atoms with Gasteiger partial charge in [-0.1, -0.05) is 0 Å². The van der Waals surface area contributed by atoms with Gasteiger partial charge >= 0.3 is 0 Å². The van der Waals surface area contributed by atoms with Crippen LogP contribution in [0.3, 0.4) is 0 Å². The third kappa shape index (κ3) is 2.71. The first kappa shape index (κ1) is 13.6. The Hall–Kier alpha value is -1.40. The molecule has 1 saturated heterocycles. The lowest BCUT2D eigenvalue weighted by Gasteiger charge is -2.39. The van der Waals surface area contributed by atoms with E-state index in [4.69, 9.17) is 4.42 Å². The molecule has 0 aliphatic carbocycles. The number of thiazole rings is 1. The fraction of sp³-hybridized carbons (Fsp3) is 0.571. The van der Waals surface area contributed by atoms with Crippen LogP contribution in [-0.2, 0) is 6.54 Å². The Morgan fingerprint density at radius 1 is 1.40 bits per heavy atom. The molecule has 0 aromatic carbocycles. The summed E-state index contributed by atoms with van der Waals surface area (Å²) in [5.74, 6) is 1.75. The highest BCUT2D eigenvalue weighted by Gasteiger charge is 2.26. The molecule has 5 nitrogen and oxygen atoms in total. The molecule has 20 heavy (non-hydrogen) atoms. The minimum absolute atomic E-state index is 0.465. The lowest BCUT2D eigenvalue weighted by molar-refractivity contribution is 0.201. The summed E-state index contributed by atoms with van der Waals surface area (Å²) in [6, 6.07) is 0.465. The summed E-state index contributed by atoms with van der Waals surface area (Å²) in [6.07, 6.45) is 1.87. The normalized spacial score (nSPS) is 20.6. The van der Waals surface area contributed by atoms with E-state index in [0.717, 1.165) is 48.7 Å². The van der Waals surface area contributed by atoms with Gasteiger partial charge in [-0.3, -0.25) is 4.90 Å². The van der Waals surface area contributed by atoms with Crippen LogP contribution in [0.5, 0.6) is 0 Å². The highest BCUT2D eigenvalue weighted by atomic mass is 32.1. The van der Waals surface area contributed by atoms with Gasteiger partial charge in [0.25, 0.3) is 0 Å². The number of nitrogens with zero attached hydrogens (tertiary/aromatic N) is 4. The molecule has 0 saturated carbocycles. The summed E-state index contributed by atoms with van der Waals surface area (Å²) >= 11 is 1.71. The summed E-state index contributed by atoms with van der Waals surface area (Å²) in [5, 5.41) is 3.16. The Kier molecular flexibility index (Phi) is 3.76. The SMILES string of the molecule is Cc1nc(CN2CCN(c3nccs3)C(C)C2)oc1C. The average molecular weight is 292 g/mol. The minimum Gasteiger partial charge on any atom is -0.444 e. The van der Waals surface area contributed by atoms with Crippen molar-refractivity contribution < 1.29 is 4.42 Å². The fourth-order valence-corrected chi connectivity index (χ4v) is 3.39. The van der Waals surface area contributed by atoms with Crippen LogP contribution in [0, 0.1) is 13.8 Å². The Bertz CT molecular complexity index is 546. The summed E-state index contributed by atoms with van der Waals surface area (Å²) in [6.45, 7) is 10.0. The molecule has 1 atom stereocenters. The number of piperazine rings is 1. The van der Waals surface area contributed by atoms with Crippen molar-refractivity contribution in [1.29, 1.82) is 0 Å². The Morgan fingerprint density at radius 3 is 2.85 bits per heavy atom. The van der Waals surface area contributed by atoms with Crippen molar-refractivity contribution in [1.82, 2.24) is 14.9 Å². The van der Waals surface area contributed by atoms with Crippen LogP contribution in [0.15, 0.2) is 16.0 Å². The third-order valence-electron chi connectivity index (χ3n) is 3.81. The van der Waals surface area contributed by atoms with E-state index in [0.29, 0.717) is 6.04 Å². The molecule has 1 unspecified atom stereocenters. The van der Waals surface area contributed by atoms with Crippen molar-refractivity contribution in [3.05, 3.63) is 28.9 Å². The van der Waals surface area contributed by atoms with E-state index in [1.807, 2.05) is 25.4 Å². The van der Waals surface area contributed by atoms with Gasteiger partial charge in [-0.2, -0.15) is 0 Å². The van der Waals surface area contributed by atoms with Gasteiger partial charge in [0, 0.05) is 37.3 Å². The molecule has 1 fully saturated rings. The van der Waals surface area contributed by atoms with Crippen molar-refractivity contribution in [2.75, 3.05) is 24.5 Å². The molecule has 6 heteroatoms. The second-order valence-electron chi connectivity index (χ2n) is 5.34. The van der Waals surface area contributed by atoms with Crippen LogP contribution >= 0.6 is 11.3 Å². The van der Waals surface area contributed by atoms with Crippen molar-refractivity contribution in [3.8, 4) is 0 Å². The van der Waals surface area contributed by atoms with E-state index in [-0.39, 0.29) is 0 Å². The molecule has 2 aromatic heterocycles. The lowest BCUT2D eigenvalue weighted by atomic mass is 10.2. The zero-order valence-corrected chi connectivity index (χ0v) is 13.0. The van der Waals surface area contributed by atoms with E-state index in [1.165, 1.54) is 0 Å². The van der Waals surface area contributed by atoms with Crippen LogP contribution in [0.4, 0.5) is 5.13 Å². The standard InChI is InChI=1S/C14H20N4OS/c1-10-8-17(9-13-16-11(2)12(3)19-13)5-6-18(10)14-15-4-7-20-14/h4,7,10H,5-6,8-9H2,1-3H3. The van der Waals surface area contributed by atoms with Gasteiger partial charge < -0.3 is 9.32 Å². The lowest BCUT2D eigenvalue weighted by Crippen LogP contribution is -2.51. The number of aromatic nitrogens is 2. The number of hydrogen-bond acceptors (Lipinski definition) is 6. The maximum Gasteiger partial charge on any atom is 0.208 e. The van der Waals surface area contributed by atoms with Gasteiger partial charge in [-0.15, -0.1) is 11.3 Å². The number of oxazole rings is 1. The smallest absolute Gasteiger partial charge is 0.208 e. The first-order valence-electron chi connectivity index (χ1n) is 6.95. The van der Waals surface area contributed by atoms with E-state index in [1.54, 1.807) is 11.3 Å². The van der Waals surface area contributed by atoms with Gasteiger partial charge in [0.2, 0.25) is 5.89 Å². The van der Waals surface area contributed by atoms with E-state index < -0.39 is 0 Å². The predicted molar refractivity (Wildman–Crippen MR) is 80.2 cm³/mol. The van der Waals surface area contributed by atoms with Crippen molar-refractivity contribution >= 4 is 16.5 Å². The molecule has 0 N–H and O–H groups in total. The van der Waals surface area contributed by atoms with Gasteiger partial charge in [0.15, 0.2) is 5.13 Å². The number of rotatable bonds is 3. The minimum atomic E-state index is 0.465. The van der Waals surface area contributed by atoms with Gasteiger partial charge in [0.1, 0.15) is 5.76 Å². The van der Waals surface area contributed by atoms with E-state index >= 15 is 0 Å². The van der Waals surface area contributed by atoms with Gasteiger partial charge in [-0.05, 0) is 20.8 Å². The molecule has 0 amide bonds. The van der Waals surface area contributed by atoms with Crippen molar-refractivity contribution in [3.63, 3.8) is 0 Å². The molecule has 108 valence electrons. The van der Waals surface area contributed by atoms with Crippen LogP contribution in [0.2, 0.25) is 0 Å². The quantitative estimate of drug-likeness (QED) is 0.869. The predicted octanol–water partition coefficient (Wildman–Crippen LogP) is 2.46. The molecule has 0 spiro atoms. The number of aryl methyl sites for hydroxylation is 2. The zero-order valence-electron chi connectivity index (χ0n) is 12.2. The highest BCUT2D eigenvalue weighted by molar-refractivity contribution is 7.13. The summed E-state index contributed by atoms with van der Waals surface area (Å²) in [7, 11) is 0. The average Bonchev–Trinajstić information content (AvgIpc) is 3.01. The van der Waals surface area contributed by atoms with Crippen molar-refractivity contribution in [2.24, 2.45) is 0 Å². The highest BCUT2D eigenvalue weighted by Crippen LogP contribution is 2.23. The van der Waals surface area contributed by atoms with Crippen LogP contribution in [0.25, 0.3) is 0 Å². The summed E-state index contributed by atoms with van der Waals surface area (Å²) < 4.78 is 5.67. The molecule has 1 aliphatic rings. The molecule has 0 bridgehead atoms. The Balaban J connectivity index is 1.62. The van der Waals surface area contributed by atoms with E-state index in [2.05, 4.69) is 26.7 Å². The third-order valence-corrected chi connectivity index (χ3v) is 4.62. The fourth-order valence-electron chi connectivity index (χ4n) is 2.62. The first-order valence-corrected chi connectivity index (χ1v) is 7.83.